The Balaban J connectivity index is 1.90. The second-order valence-corrected chi connectivity index (χ2v) is 5.82. The average molecular weight is 292 g/mol. The number of carbonyl (C=O) groups excluding carboxylic acids is 1. The van der Waals surface area contributed by atoms with Crippen molar-refractivity contribution >= 4 is 11.7 Å². The zero-order valence-corrected chi connectivity index (χ0v) is 12.8. The maximum atomic E-state index is 12.2. The Morgan fingerprint density at radius 3 is 2.86 bits per heavy atom. The number of hydrogen-bond acceptors (Lipinski definition) is 5. The fourth-order valence-electron chi connectivity index (χ4n) is 2.24. The number of nitrogens with zero attached hydrogens (tertiary/aromatic N) is 2. The van der Waals surface area contributed by atoms with Crippen molar-refractivity contribution in [3.63, 3.8) is 0 Å². The van der Waals surface area contributed by atoms with Gasteiger partial charge < -0.3 is 15.4 Å². The summed E-state index contributed by atoms with van der Waals surface area (Å²) in [6.45, 7) is 7.25. The highest BCUT2D eigenvalue weighted by atomic mass is 16.5. The maximum absolute atomic E-state index is 12.2. The molecule has 6 nitrogen and oxygen atoms in total. The first-order valence-corrected chi connectivity index (χ1v) is 7.55. The van der Waals surface area contributed by atoms with Gasteiger partial charge in [-0.15, -0.1) is 0 Å². The zero-order chi connectivity index (χ0) is 15.1. The Kier molecular flexibility index (Phi) is 5.50. The van der Waals surface area contributed by atoms with E-state index in [0.29, 0.717) is 18.1 Å². The Hall–Kier alpha value is -1.69. The van der Waals surface area contributed by atoms with Crippen LogP contribution in [0.1, 0.15) is 43.6 Å². The molecule has 1 saturated heterocycles. The van der Waals surface area contributed by atoms with Crippen LogP contribution in [-0.4, -0.2) is 42.2 Å². The molecule has 1 aromatic rings. The molecule has 6 heteroatoms. The van der Waals surface area contributed by atoms with E-state index in [-0.39, 0.29) is 11.3 Å². The standard InChI is InChI=1S/C15H24N4O2/c1-3-6-17-13-10-16-9-12(19-13)14(20)18-11-15(2)4-7-21-8-5-15/h9-10H,3-8,11H2,1-2H3,(H,17,19)(H,18,20). The van der Waals surface area contributed by atoms with Crippen LogP contribution in [0.2, 0.25) is 0 Å². The SMILES string of the molecule is CCCNc1cncc(C(=O)NCC2(C)CCOCC2)n1. The predicted octanol–water partition coefficient (Wildman–Crippen LogP) is 1.84. The van der Waals surface area contributed by atoms with Crippen molar-refractivity contribution < 1.29 is 9.53 Å². The second kappa shape index (κ2) is 7.36. The first-order valence-electron chi connectivity index (χ1n) is 7.55. The number of nitrogens with one attached hydrogen (secondary N) is 2. The van der Waals surface area contributed by atoms with Crippen LogP contribution in [-0.2, 0) is 4.74 Å². The molecule has 1 aliphatic heterocycles. The molecule has 0 unspecified atom stereocenters. The maximum Gasteiger partial charge on any atom is 0.271 e. The summed E-state index contributed by atoms with van der Waals surface area (Å²) in [4.78, 5) is 20.5. The first kappa shape index (κ1) is 15.7. The van der Waals surface area contributed by atoms with Crippen molar-refractivity contribution in [2.24, 2.45) is 5.41 Å². The van der Waals surface area contributed by atoms with Crippen LogP contribution in [0.3, 0.4) is 0 Å². The molecule has 116 valence electrons. The lowest BCUT2D eigenvalue weighted by Gasteiger charge is -2.33. The summed E-state index contributed by atoms with van der Waals surface area (Å²) in [6.07, 6.45) is 6.07. The summed E-state index contributed by atoms with van der Waals surface area (Å²) in [6, 6.07) is 0. The Morgan fingerprint density at radius 1 is 1.38 bits per heavy atom. The highest BCUT2D eigenvalue weighted by Crippen LogP contribution is 2.28. The quantitative estimate of drug-likeness (QED) is 0.836. The van der Waals surface area contributed by atoms with E-state index in [1.54, 1.807) is 6.20 Å². The van der Waals surface area contributed by atoms with E-state index in [9.17, 15) is 4.79 Å². The normalized spacial score (nSPS) is 17.2. The number of rotatable bonds is 6. The second-order valence-electron chi connectivity index (χ2n) is 5.82. The summed E-state index contributed by atoms with van der Waals surface area (Å²) < 4.78 is 5.37. The molecule has 2 rings (SSSR count). The highest BCUT2D eigenvalue weighted by molar-refractivity contribution is 5.92. The monoisotopic (exact) mass is 292 g/mol. The van der Waals surface area contributed by atoms with Gasteiger partial charge in [-0.2, -0.15) is 0 Å². The van der Waals surface area contributed by atoms with Crippen LogP contribution in [0.5, 0.6) is 0 Å². The Labute approximate surface area is 125 Å². The summed E-state index contributed by atoms with van der Waals surface area (Å²) >= 11 is 0. The van der Waals surface area contributed by atoms with Gasteiger partial charge in [0.05, 0.1) is 12.4 Å². The minimum atomic E-state index is -0.171. The third kappa shape index (κ3) is 4.67. The molecule has 2 heterocycles. The molecule has 0 radical (unpaired) electrons. The fourth-order valence-corrected chi connectivity index (χ4v) is 2.24. The minimum Gasteiger partial charge on any atom is -0.381 e. The van der Waals surface area contributed by atoms with Crippen LogP contribution in [0.4, 0.5) is 5.82 Å². The molecule has 1 aliphatic rings. The largest absolute Gasteiger partial charge is 0.381 e. The van der Waals surface area contributed by atoms with Gasteiger partial charge in [0.25, 0.3) is 5.91 Å². The van der Waals surface area contributed by atoms with Gasteiger partial charge in [-0.3, -0.25) is 9.78 Å². The van der Waals surface area contributed by atoms with E-state index in [1.165, 1.54) is 6.20 Å². The molecule has 0 aliphatic carbocycles. The average Bonchev–Trinajstić information content (AvgIpc) is 2.52. The van der Waals surface area contributed by atoms with Crippen LogP contribution < -0.4 is 10.6 Å². The number of anilines is 1. The molecule has 21 heavy (non-hydrogen) atoms. The number of hydrogen-bond donors (Lipinski definition) is 2. The lowest BCUT2D eigenvalue weighted by Crippen LogP contribution is -2.39. The third-order valence-corrected chi connectivity index (χ3v) is 3.80. The lowest BCUT2D eigenvalue weighted by molar-refractivity contribution is 0.0238. The van der Waals surface area contributed by atoms with Crippen molar-refractivity contribution in [3.8, 4) is 0 Å². The van der Waals surface area contributed by atoms with Crippen LogP contribution >= 0.6 is 0 Å². The van der Waals surface area contributed by atoms with Gasteiger partial charge >= 0.3 is 0 Å². The molecule has 0 spiro atoms. The van der Waals surface area contributed by atoms with Gasteiger partial charge in [-0.05, 0) is 24.7 Å². The minimum absolute atomic E-state index is 0.111. The van der Waals surface area contributed by atoms with Gasteiger partial charge in [-0.1, -0.05) is 13.8 Å². The van der Waals surface area contributed by atoms with Crippen LogP contribution in [0.15, 0.2) is 12.4 Å². The van der Waals surface area contributed by atoms with Crippen LogP contribution in [0, 0.1) is 5.41 Å². The molecule has 1 fully saturated rings. The van der Waals surface area contributed by atoms with E-state index < -0.39 is 0 Å². The molecule has 0 saturated carbocycles. The summed E-state index contributed by atoms with van der Waals surface area (Å²) in [5.41, 5.74) is 0.464. The predicted molar refractivity (Wildman–Crippen MR) is 81.3 cm³/mol. The zero-order valence-electron chi connectivity index (χ0n) is 12.8. The first-order chi connectivity index (χ1) is 10.1. The Bertz CT molecular complexity index is 472. The number of carbonyl (C=O) groups is 1. The molecule has 1 aromatic heterocycles. The molecule has 2 N–H and O–H groups in total. The summed E-state index contributed by atoms with van der Waals surface area (Å²) in [5, 5.41) is 6.10. The highest BCUT2D eigenvalue weighted by Gasteiger charge is 2.28. The van der Waals surface area contributed by atoms with E-state index in [1.807, 2.05) is 0 Å². The van der Waals surface area contributed by atoms with Crippen molar-refractivity contribution in [2.45, 2.75) is 33.1 Å². The molecular weight excluding hydrogens is 268 g/mol. The van der Waals surface area contributed by atoms with Crippen molar-refractivity contribution in [1.82, 2.24) is 15.3 Å². The van der Waals surface area contributed by atoms with E-state index in [4.69, 9.17) is 4.74 Å². The van der Waals surface area contributed by atoms with E-state index in [0.717, 1.165) is 39.0 Å². The van der Waals surface area contributed by atoms with Gasteiger partial charge in [0.15, 0.2) is 0 Å². The topological polar surface area (TPSA) is 76.1 Å². The number of ether oxygens (including phenoxy) is 1. The number of amides is 1. The lowest BCUT2D eigenvalue weighted by atomic mass is 9.82. The van der Waals surface area contributed by atoms with Gasteiger partial charge in [-0.25, -0.2) is 4.98 Å². The summed E-state index contributed by atoms with van der Waals surface area (Å²) in [7, 11) is 0. The van der Waals surface area contributed by atoms with Crippen molar-refractivity contribution in [1.29, 1.82) is 0 Å². The van der Waals surface area contributed by atoms with Gasteiger partial charge in [0.1, 0.15) is 11.5 Å². The Morgan fingerprint density at radius 2 is 2.14 bits per heavy atom. The summed E-state index contributed by atoms with van der Waals surface area (Å²) in [5.74, 6) is 0.470. The van der Waals surface area contributed by atoms with Crippen molar-refractivity contribution in [2.75, 3.05) is 31.6 Å². The molecule has 0 aromatic carbocycles. The molecule has 0 atom stereocenters. The van der Waals surface area contributed by atoms with Gasteiger partial charge in [0, 0.05) is 26.3 Å². The molecular formula is C15H24N4O2. The molecule has 0 bridgehead atoms. The van der Waals surface area contributed by atoms with E-state index >= 15 is 0 Å². The smallest absolute Gasteiger partial charge is 0.271 e. The fraction of sp³-hybridized carbons (Fsp3) is 0.667. The number of aromatic nitrogens is 2. The van der Waals surface area contributed by atoms with E-state index in [2.05, 4.69) is 34.4 Å². The van der Waals surface area contributed by atoms with Crippen molar-refractivity contribution in [3.05, 3.63) is 18.1 Å². The molecule has 1 amide bonds. The van der Waals surface area contributed by atoms with Gasteiger partial charge in [0.2, 0.25) is 0 Å². The third-order valence-electron chi connectivity index (χ3n) is 3.80. The van der Waals surface area contributed by atoms with Crippen LogP contribution in [0.25, 0.3) is 0 Å².